The van der Waals surface area contributed by atoms with Crippen LogP contribution in [0.1, 0.15) is 18.9 Å². The van der Waals surface area contributed by atoms with Crippen LogP contribution in [-0.4, -0.2) is 49.1 Å². The summed E-state index contributed by atoms with van der Waals surface area (Å²) in [7, 11) is 0. The number of ether oxygens (including phenoxy) is 1. The van der Waals surface area contributed by atoms with E-state index in [9.17, 15) is 9.59 Å². The number of hydrogen-bond acceptors (Lipinski definition) is 4. The molecule has 1 aliphatic heterocycles. The number of hydrogen-bond donors (Lipinski definition) is 1. The molecule has 0 aromatic heterocycles. The van der Waals surface area contributed by atoms with Crippen molar-refractivity contribution in [2.75, 3.05) is 26.2 Å². The number of carbonyl (C=O) groups is 2. The second kappa shape index (κ2) is 7.78. The maximum atomic E-state index is 12.4. The number of carbonyl (C=O) groups excluding carboxylic acids is 2. The molecule has 0 spiro atoms. The number of amides is 1. The smallest absolute Gasteiger partial charge is 0.330 e. The summed E-state index contributed by atoms with van der Waals surface area (Å²) in [5.41, 5.74) is 1.13. The van der Waals surface area contributed by atoms with Crippen molar-refractivity contribution in [3.8, 4) is 0 Å². The summed E-state index contributed by atoms with van der Waals surface area (Å²) in [6.45, 7) is 3.84. The van der Waals surface area contributed by atoms with E-state index in [1.807, 2.05) is 30.3 Å². The standard InChI is InChI=1S/C16H22N2O3/c1-2-21-16(20)14-12-17-10-11-18(14)15(19)9-8-13-6-4-3-5-7-13/h3-7,14,17H,2,8-12H2,1H3. The van der Waals surface area contributed by atoms with E-state index in [0.717, 1.165) is 5.56 Å². The average molecular weight is 290 g/mol. The quantitative estimate of drug-likeness (QED) is 0.821. The fourth-order valence-corrected chi connectivity index (χ4v) is 2.49. The lowest BCUT2D eigenvalue weighted by Crippen LogP contribution is -2.57. The van der Waals surface area contributed by atoms with E-state index < -0.39 is 6.04 Å². The molecule has 0 bridgehead atoms. The van der Waals surface area contributed by atoms with Gasteiger partial charge in [-0.2, -0.15) is 0 Å². The normalized spacial score (nSPS) is 18.3. The van der Waals surface area contributed by atoms with Gasteiger partial charge in [0.15, 0.2) is 0 Å². The number of aryl methyl sites for hydroxylation is 1. The number of nitrogens with zero attached hydrogens (tertiary/aromatic N) is 1. The second-order valence-corrected chi connectivity index (χ2v) is 5.04. The van der Waals surface area contributed by atoms with Gasteiger partial charge >= 0.3 is 5.97 Å². The van der Waals surface area contributed by atoms with Gasteiger partial charge in [-0.1, -0.05) is 30.3 Å². The lowest BCUT2D eigenvalue weighted by atomic mass is 10.1. The van der Waals surface area contributed by atoms with Crippen molar-refractivity contribution < 1.29 is 14.3 Å². The van der Waals surface area contributed by atoms with Crippen molar-refractivity contribution in [2.45, 2.75) is 25.8 Å². The largest absolute Gasteiger partial charge is 0.464 e. The molecule has 1 aliphatic rings. The number of rotatable bonds is 5. The molecule has 0 saturated carbocycles. The van der Waals surface area contributed by atoms with E-state index in [0.29, 0.717) is 39.1 Å². The molecule has 1 aromatic rings. The Bertz CT molecular complexity index is 476. The molecular formula is C16H22N2O3. The molecule has 1 N–H and O–H groups in total. The topological polar surface area (TPSA) is 58.6 Å². The molecule has 1 aromatic carbocycles. The van der Waals surface area contributed by atoms with Gasteiger partial charge in [0.2, 0.25) is 5.91 Å². The summed E-state index contributed by atoms with van der Waals surface area (Å²) >= 11 is 0. The van der Waals surface area contributed by atoms with Crippen LogP contribution in [0.4, 0.5) is 0 Å². The van der Waals surface area contributed by atoms with Gasteiger partial charge in [0, 0.05) is 26.1 Å². The highest BCUT2D eigenvalue weighted by Crippen LogP contribution is 2.10. The van der Waals surface area contributed by atoms with Gasteiger partial charge in [-0.25, -0.2) is 4.79 Å². The predicted molar refractivity (Wildman–Crippen MR) is 79.8 cm³/mol. The van der Waals surface area contributed by atoms with Crippen LogP contribution in [0.2, 0.25) is 0 Å². The van der Waals surface area contributed by atoms with Gasteiger partial charge in [-0.3, -0.25) is 4.79 Å². The minimum atomic E-state index is -0.498. The van der Waals surface area contributed by atoms with Gasteiger partial charge in [0.25, 0.3) is 0 Å². The summed E-state index contributed by atoms with van der Waals surface area (Å²) in [5.74, 6) is -0.309. The molecule has 1 saturated heterocycles. The predicted octanol–water partition coefficient (Wildman–Crippen LogP) is 0.983. The van der Waals surface area contributed by atoms with E-state index in [1.54, 1.807) is 11.8 Å². The molecule has 1 amide bonds. The Kier molecular flexibility index (Phi) is 5.75. The molecule has 114 valence electrons. The van der Waals surface area contributed by atoms with Crippen molar-refractivity contribution >= 4 is 11.9 Å². The lowest BCUT2D eigenvalue weighted by molar-refractivity contribution is -0.155. The molecule has 0 aliphatic carbocycles. The fourth-order valence-electron chi connectivity index (χ4n) is 2.49. The van der Waals surface area contributed by atoms with E-state index in [1.165, 1.54) is 0 Å². The zero-order valence-corrected chi connectivity index (χ0v) is 12.4. The minimum absolute atomic E-state index is 0.0124. The molecule has 1 atom stereocenters. The van der Waals surface area contributed by atoms with Crippen LogP contribution < -0.4 is 5.32 Å². The third-order valence-corrected chi connectivity index (χ3v) is 3.59. The Labute approximate surface area is 125 Å². The van der Waals surface area contributed by atoms with Gasteiger partial charge in [0.1, 0.15) is 6.04 Å². The highest BCUT2D eigenvalue weighted by Gasteiger charge is 2.32. The molecule has 2 rings (SSSR count). The summed E-state index contributed by atoms with van der Waals surface area (Å²) in [4.78, 5) is 26.0. The molecule has 1 fully saturated rings. The number of nitrogens with one attached hydrogen (secondary N) is 1. The van der Waals surface area contributed by atoms with Crippen LogP contribution >= 0.6 is 0 Å². The Morgan fingerprint density at radius 3 is 2.81 bits per heavy atom. The zero-order valence-electron chi connectivity index (χ0n) is 12.4. The monoisotopic (exact) mass is 290 g/mol. The van der Waals surface area contributed by atoms with Crippen LogP contribution in [0.3, 0.4) is 0 Å². The number of benzene rings is 1. The van der Waals surface area contributed by atoms with Crippen LogP contribution in [0, 0.1) is 0 Å². The van der Waals surface area contributed by atoms with Crippen molar-refractivity contribution in [3.63, 3.8) is 0 Å². The third kappa shape index (κ3) is 4.29. The number of piperazine rings is 1. The van der Waals surface area contributed by atoms with E-state index in [2.05, 4.69) is 5.32 Å². The van der Waals surface area contributed by atoms with E-state index in [4.69, 9.17) is 4.74 Å². The van der Waals surface area contributed by atoms with E-state index in [-0.39, 0.29) is 11.9 Å². The van der Waals surface area contributed by atoms with Crippen molar-refractivity contribution in [2.24, 2.45) is 0 Å². The van der Waals surface area contributed by atoms with Crippen molar-refractivity contribution in [1.82, 2.24) is 10.2 Å². The van der Waals surface area contributed by atoms with Crippen molar-refractivity contribution in [3.05, 3.63) is 35.9 Å². The van der Waals surface area contributed by atoms with Gasteiger partial charge in [-0.15, -0.1) is 0 Å². The fraction of sp³-hybridized carbons (Fsp3) is 0.500. The highest BCUT2D eigenvalue weighted by molar-refractivity contribution is 5.85. The van der Waals surface area contributed by atoms with Crippen molar-refractivity contribution in [1.29, 1.82) is 0 Å². The summed E-state index contributed by atoms with van der Waals surface area (Å²) in [5, 5.41) is 3.14. The van der Waals surface area contributed by atoms with E-state index >= 15 is 0 Å². The molecule has 1 heterocycles. The number of esters is 1. The molecule has 21 heavy (non-hydrogen) atoms. The maximum absolute atomic E-state index is 12.4. The molecule has 0 radical (unpaired) electrons. The Morgan fingerprint density at radius 1 is 1.33 bits per heavy atom. The minimum Gasteiger partial charge on any atom is -0.464 e. The van der Waals surface area contributed by atoms with Crippen LogP contribution in [0.15, 0.2) is 30.3 Å². The maximum Gasteiger partial charge on any atom is 0.330 e. The first-order valence-electron chi connectivity index (χ1n) is 7.43. The van der Waals surface area contributed by atoms with Crippen LogP contribution in [0.5, 0.6) is 0 Å². The van der Waals surface area contributed by atoms with Crippen LogP contribution in [0.25, 0.3) is 0 Å². The Hall–Kier alpha value is -1.88. The first-order valence-corrected chi connectivity index (χ1v) is 7.43. The first-order chi connectivity index (χ1) is 10.2. The Balaban J connectivity index is 1.93. The molecule has 5 nitrogen and oxygen atoms in total. The van der Waals surface area contributed by atoms with Gasteiger partial charge < -0.3 is 15.0 Å². The third-order valence-electron chi connectivity index (χ3n) is 3.59. The average Bonchev–Trinajstić information content (AvgIpc) is 2.54. The zero-order chi connectivity index (χ0) is 15.1. The van der Waals surface area contributed by atoms with Crippen LogP contribution in [-0.2, 0) is 20.7 Å². The summed E-state index contributed by atoms with van der Waals surface area (Å²) in [6, 6.07) is 9.40. The second-order valence-electron chi connectivity index (χ2n) is 5.04. The van der Waals surface area contributed by atoms with Gasteiger partial charge in [0.05, 0.1) is 6.61 Å². The first kappa shape index (κ1) is 15.5. The SMILES string of the molecule is CCOC(=O)C1CNCCN1C(=O)CCc1ccccc1. The summed E-state index contributed by atoms with van der Waals surface area (Å²) < 4.78 is 5.05. The Morgan fingerprint density at radius 2 is 2.10 bits per heavy atom. The highest BCUT2D eigenvalue weighted by atomic mass is 16.5. The molecular weight excluding hydrogens is 268 g/mol. The summed E-state index contributed by atoms with van der Waals surface area (Å²) in [6.07, 6.45) is 1.11. The molecule has 1 unspecified atom stereocenters. The molecule has 5 heteroatoms. The van der Waals surface area contributed by atoms with Gasteiger partial charge in [-0.05, 0) is 18.9 Å². The lowest BCUT2D eigenvalue weighted by Gasteiger charge is -2.34.